The molecule has 5 N–H and O–H groups in total. The maximum Gasteiger partial charge on any atom is 0.305 e. The first-order valence-corrected chi connectivity index (χ1v) is 4.68. The SMILES string of the molecule is Nc1cc(C(N)CC(=O)O)c(Br)cn1. The highest BCUT2D eigenvalue weighted by Gasteiger charge is 2.14. The lowest BCUT2D eigenvalue weighted by Crippen LogP contribution is -2.16. The van der Waals surface area contributed by atoms with E-state index in [0.29, 0.717) is 15.9 Å². The summed E-state index contributed by atoms with van der Waals surface area (Å²) in [5, 5.41) is 8.56. The monoisotopic (exact) mass is 259 g/mol. The van der Waals surface area contributed by atoms with Gasteiger partial charge in [0.15, 0.2) is 0 Å². The zero-order valence-electron chi connectivity index (χ0n) is 7.27. The summed E-state index contributed by atoms with van der Waals surface area (Å²) in [4.78, 5) is 14.3. The van der Waals surface area contributed by atoms with Gasteiger partial charge in [-0.15, -0.1) is 0 Å². The van der Waals surface area contributed by atoms with Gasteiger partial charge in [0.05, 0.1) is 6.42 Å². The summed E-state index contributed by atoms with van der Waals surface area (Å²) in [5.41, 5.74) is 11.8. The van der Waals surface area contributed by atoms with Crippen LogP contribution >= 0.6 is 15.9 Å². The predicted molar refractivity (Wildman–Crippen MR) is 55.5 cm³/mol. The van der Waals surface area contributed by atoms with Crippen molar-refractivity contribution in [2.45, 2.75) is 12.5 Å². The second-order valence-electron chi connectivity index (χ2n) is 2.84. The number of carboxylic acids is 1. The lowest BCUT2D eigenvalue weighted by Gasteiger charge is -2.11. The quantitative estimate of drug-likeness (QED) is 0.749. The summed E-state index contributed by atoms with van der Waals surface area (Å²) in [5.74, 6) is -0.621. The molecule has 0 bridgehead atoms. The number of rotatable bonds is 3. The van der Waals surface area contributed by atoms with Crippen molar-refractivity contribution < 1.29 is 9.90 Å². The molecule has 0 radical (unpaired) electrons. The van der Waals surface area contributed by atoms with Crippen molar-refractivity contribution in [3.05, 3.63) is 22.3 Å². The minimum atomic E-state index is -0.945. The molecule has 0 aliphatic carbocycles. The first kappa shape index (κ1) is 10.9. The Balaban J connectivity index is 2.93. The van der Waals surface area contributed by atoms with Crippen molar-refractivity contribution in [2.24, 2.45) is 5.73 Å². The normalized spacial score (nSPS) is 12.4. The second kappa shape index (κ2) is 4.39. The predicted octanol–water partition coefficient (Wildman–Crippen LogP) is 0.901. The third-order valence-corrected chi connectivity index (χ3v) is 2.36. The molecule has 76 valence electrons. The number of nitrogens with zero attached hydrogens (tertiary/aromatic N) is 1. The lowest BCUT2D eigenvalue weighted by atomic mass is 10.1. The smallest absolute Gasteiger partial charge is 0.305 e. The molecule has 14 heavy (non-hydrogen) atoms. The lowest BCUT2D eigenvalue weighted by molar-refractivity contribution is -0.137. The van der Waals surface area contributed by atoms with Crippen molar-refractivity contribution in [3.63, 3.8) is 0 Å². The van der Waals surface area contributed by atoms with Gasteiger partial charge in [-0.05, 0) is 27.6 Å². The second-order valence-corrected chi connectivity index (χ2v) is 3.69. The summed E-state index contributed by atoms with van der Waals surface area (Å²) in [6.45, 7) is 0. The van der Waals surface area contributed by atoms with E-state index in [-0.39, 0.29) is 6.42 Å². The topological polar surface area (TPSA) is 102 Å². The number of carbonyl (C=O) groups is 1. The molecular formula is C8H10BrN3O2. The van der Waals surface area contributed by atoms with Gasteiger partial charge in [0.1, 0.15) is 5.82 Å². The molecule has 0 aliphatic heterocycles. The van der Waals surface area contributed by atoms with E-state index >= 15 is 0 Å². The van der Waals surface area contributed by atoms with Crippen LogP contribution in [0.15, 0.2) is 16.7 Å². The minimum Gasteiger partial charge on any atom is -0.481 e. The molecule has 0 saturated heterocycles. The van der Waals surface area contributed by atoms with E-state index in [4.69, 9.17) is 16.6 Å². The Bertz CT molecular complexity index is 356. The van der Waals surface area contributed by atoms with Crippen LogP contribution in [-0.2, 0) is 4.79 Å². The molecule has 0 aromatic carbocycles. The van der Waals surface area contributed by atoms with Gasteiger partial charge in [0.25, 0.3) is 0 Å². The van der Waals surface area contributed by atoms with E-state index in [1.54, 1.807) is 6.07 Å². The number of carboxylic acid groups (broad SMARTS) is 1. The number of hydrogen-bond donors (Lipinski definition) is 3. The van der Waals surface area contributed by atoms with Crippen LogP contribution in [0.3, 0.4) is 0 Å². The van der Waals surface area contributed by atoms with E-state index in [0.717, 1.165) is 0 Å². The third-order valence-electron chi connectivity index (χ3n) is 1.70. The summed E-state index contributed by atoms with van der Waals surface area (Å²) < 4.78 is 0.667. The Morgan fingerprint density at radius 2 is 2.36 bits per heavy atom. The zero-order chi connectivity index (χ0) is 10.7. The fourth-order valence-electron chi connectivity index (χ4n) is 1.05. The molecule has 1 unspecified atom stereocenters. The van der Waals surface area contributed by atoms with Gasteiger partial charge in [0.2, 0.25) is 0 Å². The molecular weight excluding hydrogens is 250 g/mol. The summed E-state index contributed by atoms with van der Waals surface area (Å²) in [6, 6.07) is 0.990. The van der Waals surface area contributed by atoms with Gasteiger partial charge in [0, 0.05) is 16.7 Å². The van der Waals surface area contributed by atoms with Crippen molar-refractivity contribution in [1.82, 2.24) is 4.98 Å². The summed E-state index contributed by atoms with van der Waals surface area (Å²) in [7, 11) is 0. The van der Waals surface area contributed by atoms with Crippen molar-refractivity contribution in [2.75, 3.05) is 5.73 Å². The summed E-state index contributed by atoms with van der Waals surface area (Å²) in [6.07, 6.45) is 1.37. The van der Waals surface area contributed by atoms with E-state index in [2.05, 4.69) is 20.9 Å². The average molecular weight is 260 g/mol. The van der Waals surface area contributed by atoms with E-state index in [1.165, 1.54) is 6.20 Å². The number of anilines is 1. The highest BCUT2D eigenvalue weighted by Crippen LogP contribution is 2.24. The van der Waals surface area contributed by atoms with Crippen molar-refractivity contribution >= 4 is 27.7 Å². The van der Waals surface area contributed by atoms with Gasteiger partial charge in [-0.3, -0.25) is 4.79 Å². The van der Waals surface area contributed by atoms with Crippen LogP contribution in [-0.4, -0.2) is 16.1 Å². The van der Waals surface area contributed by atoms with Crippen LogP contribution in [0.4, 0.5) is 5.82 Å². The third kappa shape index (κ3) is 2.68. The highest BCUT2D eigenvalue weighted by atomic mass is 79.9. The average Bonchev–Trinajstić information content (AvgIpc) is 2.08. The molecule has 1 heterocycles. The number of hydrogen-bond acceptors (Lipinski definition) is 4. The van der Waals surface area contributed by atoms with Gasteiger partial charge < -0.3 is 16.6 Å². The standard InChI is InChI=1S/C8H10BrN3O2/c9-5-3-12-7(11)1-4(5)6(10)2-8(13)14/h1,3,6H,2,10H2,(H2,11,12)(H,13,14). The molecule has 1 aromatic heterocycles. The Labute approximate surface area is 89.2 Å². The van der Waals surface area contributed by atoms with Crippen molar-refractivity contribution in [3.8, 4) is 0 Å². The van der Waals surface area contributed by atoms with E-state index in [9.17, 15) is 4.79 Å². The van der Waals surface area contributed by atoms with E-state index < -0.39 is 12.0 Å². The molecule has 0 saturated carbocycles. The molecule has 1 aromatic rings. The molecule has 0 amide bonds. The number of nitrogen functional groups attached to an aromatic ring is 1. The van der Waals surface area contributed by atoms with Gasteiger partial charge in [-0.1, -0.05) is 0 Å². The number of aliphatic carboxylic acids is 1. The first-order chi connectivity index (χ1) is 6.50. The van der Waals surface area contributed by atoms with Crippen molar-refractivity contribution in [1.29, 1.82) is 0 Å². The van der Waals surface area contributed by atoms with Crippen LogP contribution < -0.4 is 11.5 Å². The number of aromatic nitrogens is 1. The van der Waals surface area contributed by atoms with Gasteiger partial charge in [-0.2, -0.15) is 0 Å². The molecule has 0 fully saturated rings. The molecule has 0 spiro atoms. The number of halogens is 1. The molecule has 5 nitrogen and oxygen atoms in total. The van der Waals surface area contributed by atoms with Crippen LogP contribution in [0.1, 0.15) is 18.0 Å². The minimum absolute atomic E-state index is 0.137. The number of pyridine rings is 1. The van der Waals surface area contributed by atoms with Gasteiger partial charge in [-0.25, -0.2) is 4.98 Å². The van der Waals surface area contributed by atoms with Crippen LogP contribution in [0.2, 0.25) is 0 Å². The molecule has 6 heteroatoms. The fraction of sp³-hybridized carbons (Fsp3) is 0.250. The molecule has 0 aliphatic rings. The Morgan fingerprint density at radius 3 is 2.93 bits per heavy atom. The fourth-order valence-corrected chi connectivity index (χ4v) is 1.56. The largest absolute Gasteiger partial charge is 0.481 e. The Kier molecular flexibility index (Phi) is 3.43. The van der Waals surface area contributed by atoms with E-state index in [1.807, 2.05) is 0 Å². The zero-order valence-corrected chi connectivity index (χ0v) is 8.86. The maximum atomic E-state index is 10.4. The van der Waals surface area contributed by atoms with Gasteiger partial charge >= 0.3 is 5.97 Å². The first-order valence-electron chi connectivity index (χ1n) is 3.89. The van der Waals surface area contributed by atoms with Crippen LogP contribution in [0.5, 0.6) is 0 Å². The number of nitrogens with two attached hydrogens (primary N) is 2. The Morgan fingerprint density at radius 1 is 1.71 bits per heavy atom. The van der Waals surface area contributed by atoms with Crippen LogP contribution in [0, 0.1) is 0 Å². The molecule has 1 atom stereocenters. The summed E-state index contributed by atoms with van der Waals surface area (Å²) >= 11 is 3.23. The van der Waals surface area contributed by atoms with Crippen LogP contribution in [0.25, 0.3) is 0 Å². The maximum absolute atomic E-state index is 10.4. The molecule has 1 rings (SSSR count). The highest BCUT2D eigenvalue weighted by molar-refractivity contribution is 9.10. The Hall–Kier alpha value is -1.14.